The molecule has 1 aromatic rings. The number of thioether (sulfide) groups is 1. The summed E-state index contributed by atoms with van der Waals surface area (Å²) >= 11 is 1.80. The number of pyridine rings is 1. The van der Waals surface area contributed by atoms with E-state index in [9.17, 15) is 4.79 Å². The highest BCUT2D eigenvalue weighted by Gasteiger charge is 2.35. The van der Waals surface area contributed by atoms with Crippen molar-refractivity contribution in [2.24, 2.45) is 0 Å². The van der Waals surface area contributed by atoms with Crippen molar-refractivity contribution in [1.82, 2.24) is 4.98 Å². The van der Waals surface area contributed by atoms with Crippen LogP contribution in [0.2, 0.25) is 0 Å². The average Bonchev–Trinajstić information content (AvgIpc) is 2.38. The lowest BCUT2D eigenvalue weighted by molar-refractivity contribution is -0.117. The van der Waals surface area contributed by atoms with Gasteiger partial charge in [0, 0.05) is 24.2 Å². The monoisotopic (exact) mass is 251 g/mol. The zero-order chi connectivity index (χ0) is 11.8. The van der Waals surface area contributed by atoms with Gasteiger partial charge >= 0.3 is 0 Å². The molecule has 2 aliphatic heterocycles. The van der Waals surface area contributed by atoms with Crippen LogP contribution in [-0.2, 0) is 11.4 Å². The minimum Gasteiger partial charge on any atom is -0.392 e. The van der Waals surface area contributed by atoms with Gasteiger partial charge in [-0.15, -0.1) is 0 Å². The fourth-order valence-corrected chi connectivity index (χ4v) is 3.25. The van der Waals surface area contributed by atoms with E-state index >= 15 is 0 Å². The second kappa shape index (κ2) is 4.19. The van der Waals surface area contributed by atoms with Crippen LogP contribution in [0.5, 0.6) is 0 Å². The van der Waals surface area contributed by atoms with Gasteiger partial charge in [0.05, 0.1) is 12.3 Å². The highest BCUT2D eigenvalue weighted by Crippen LogP contribution is 2.33. The predicted molar refractivity (Wildman–Crippen MR) is 67.2 cm³/mol. The first-order valence-corrected chi connectivity index (χ1v) is 6.70. The van der Waals surface area contributed by atoms with Gasteiger partial charge in [-0.05, 0) is 11.6 Å². The Hall–Kier alpha value is -1.27. The number of amides is 1. The zero-order valence-corrected chi connectivity index (χ0v) is 10.0. The van der Waals surface area contributed by atoms with Gasteiger partial charge in [0.15, 0.2) is 5.82 Å². The van der Waals surface area contributed by atoms with Gasteiger partial charge in [0.1, 0.15) is 6.04 Å². The molecule has 0 radical (unpaired) electrons. The molecule has 0 aromatic carbocycles. The highest BCUT2D eigenvalue weighted by atomic mass is 32.2. The molecule has 17 heavy (non-hydrogen) atoms. The molecule has 5 nitrogen and oxygen atoms in total. The molecule has 1 aromatic heterocycles. The molecule has 0 spiro atoms. The van der Waals surface area contributed by atoms with Crippen LogP contribution in [0.25, 0.3) is 0 Å². The molecule has 1 atom stereocenters. The summed E-state index contributed by atoms with van der Waals surface area (Å²) in [5.41, 5.74) is 1.43. The van der Waals surface area contributed by atoms with Crippen LogP contribution in [0.3, 0.4) is 0 Å². The lowest BCUT2D eigenvalue weighted by Crippen LogP contribution is -2.53. The summed E-state index contributed by atoms with van der Waals surface area (Å²) in [5.74, 6) is 2.69. The van der Waals surface area contributed by atoms with Gasteiger partial charge < -0.3 is 15.3 Å². The van der Waals surface area contributed by atoms with E-state index in [0.717, 1.165) is 23.9 Å². The Balaban J connectivity index is 2.02. The quantitative estimate of drug-likeness (QED) is 0.758. The lowest BCUT2D eigenvalue weighted by Gasteiger charge is -2.39. The van der Waals surface area contributed by atoms with Crippen LogP contribution in [0.4, 0.5) is 11.5 Å². The standard InChI is InChI=1S/C11H13N3O2S/c15-5-7-3-8-10(12-4-7)14-1-2-17-6-9(14)11(16)13-8/h3-4,9,15H,1-2,5-6H2,(H,13,16)/t9-/m0/s1. The Morgan fingerprint density at radius 2 is 2.53 bits per heavy atom. The van der Waals surface area contributed by atoms with Crippen LogP contribution < -0.4 is 10.2 Å². The Kier molecular flexibility index (Phi) is 2.68. The molecular formula is C11H13N3O2S. The van der Waals surface area contributed by atoms with E-state index in [2.05, 4.69) is 15.2 Å². The van der Waals surface area contributed by atoms with Crippen molar-refractivity contribution in [3.63, 3.8) is 0 Å². The van der Waals surface area contributed by atoms with Crippen molar-refractivity contribution >= 4 is 29.2 Å². The fourth-order valence-electron chi connectivity index (χ4n) is 2.20. The molecule has 90 valence electrons. The Labute approximate surface area is 103 Å². The molecule has 1 saturated heterocycles. The number of hydrogen-bond donors (Lipinski definition) is 2. The highest BCUT2D eigenvalue weighted by molar-refractivity contribution is 7.99. The predicted octanol–water partition coefficient (Wildman–Crippen LogP) is 0.448. The van der Waals surface area contributed by atoms with E-state index in [4.69, 9.17) is 5.11 Å². The number of carbonyl (C=O) groups is 1. The van der Waals surface area contributed by atoms with Crippen molar-refractivity contribution in [1.29, 1.82) is 0 Å². The smallest absolute Gasteiger partial charge is 0.248 e. The summed E-state index contributed by atoms with van der Waals surface area (Å²) in [5, 5.41) is 11.9. The number of fused-ring (bicyclic) bond motifs is 3. The van der Waals surface area contributed by atoms with Gasteiger partial charge in [-0.3, -0.25) is 4.79 Å². The molecule has 2 aliphatic rings. The summed E-state index contributed by atoms with van der Waals surface area (Å²) in [6.07, 6.45) is 1.66. The summed E-state index contributed by atoms with van der Waals surface area (Å²) in [6, 6.07) is 1.69. The van der Waals surface area contributed by atoms with Crippen LogP contribution in [0.1, 0.15) is 5.56 Å². The number of carbonyl (C=O) groups excluding carboxylic acids is 1. The zero-order valence-electron chi connectivity index (χ0n) is 9.22. The molecule has 3 rings (SSSR count). The number of hydrogen-bond acceptors (Lipinski definition) is 5. The largest absolute Gasteiger partial charge is 0.392 e. The van der Waals surface area contributed by atoms with Crippen LogP contribution in [0, 0.1) is 0 Å². The summed E-state index contributed by atoms with van der Waals surface area (Å²) in [4.78, 5) is 18.3. The van der Waals surface area contributed by atoms with Crippen molar-refractivity contribution < 1.29 is 9.90 Å². The Bertz CT molecular complexity index is 466. The first-order valence-electron chi connectivity index (χ1n) is 5.54. The number of nitrogens with zero attached hydrogens (tertiary/aromatic N) is 2. The SMILES string of the molecule is O=C1Nc2cc(CO)cnc2N2CCSC[C@@H]12. The average molecular weight is 251 g/mol. The third-order valence-electron chi connectivity index (χ3n) is 3.07. The maximum absolute atomic E-state index is 11.9. The number of aliphatic hydroxyl groups is 1. The molecular weight excluding hydrogens is 238 g/mol. The second-order valence-electron chi connectivity index (χ2n) is 4.15. The molecule has 2 N–H and O–H groups in total. The number of nitrogens with one attached hydrogen (secondary N) is 1. The van der Waals surface area contributed by atoms with E-state index in [1.165, 1.54) is 0 Å². The lowest BCUT2D eigenvalue weighted by atomic mass is 10.1. The van der Waals surface area contributed by atoms with Gasteiger partial charge in [0.2, 0.25) is 5.91 Å². The van der Waals surface area contributed by atoms with Gasteiger partial charge in [-0.2, -0.15) is 11.8 Å². The molecule has 0 bridgehead atoms. The maximum atomic E-state index is 11.9. The van der Waals surface area contributed by atoms with Crippen molar-refractivity contribution in [2.45, 2.75) is 12.6 Å². The number of anilines is 2. The fraction of sp³-hybridized carbons (Fsp3) is 0.455. The van der Waals surface area contributed by atoms with E-state index in [1.54, 1.807) is 24.0 Å². The van der Waals surface area contributed by atoms with E-state index < -0.39 is 0 Å². The summed E-state index contributed by atoms with van der Waals surface area (Å²) < 4.78 is 0. The Morgan fingerprint density at radius 1 is 1.65 bits per heavy atom. The summed E-state index contributed by atoms with van der Waals surface area (Å²) in [6.45, 7) is 0.788. The maximum Gasteiger partial charge on any atom is 0.248 e. The van der Waals surface area contributed by atoms with Gasteiger partial charge in [-0.25, -0.2) is 4.98 Å². The molecule has 0 saturated carbocycles. The van der Waals surface area contributed by atoms with Crippen molar-refractivity contribution in [2.75, 3.05) is 28.3 Å². The van der Waals surface area contributed by atoms with Crippen molar-refractivity contribution in [3.8, 4) is 0 Å². The number of rotatable bonds is 1. The van der Waals surface area contributed by atoms with Crippen molar-refractivity contribution in [3.05, 3.63) is 17.8 Å². The van der Waals surface area contributed by atoms with Gasteiger partial charge in [0.25, 0.3) is 0 Å². The molecule has 6 heteroatoms. The second-order valence-corrected chi connectivity index (χ2v) is 5.30. The third-order valence-corrected chi connectivity index (χ3v) is 4.09. The van der Waals surface area contributed by atoms with E-state index in [1.807, 2.05) is 0 Å². The van der Waals surface area contributed by atoms with Crippen LogP contribution in [0.15, 0.2) is 12.3 Å². The molecule has 0 unspecified atom stereocenters. The third kappa shape index (κ3) is 1.77. The van der Waals surface area contributed by atoms with E-state index in [0.29, 0.717) is 11.3 Å². The minimum atomic E-state index is -0.103. The van der Waals surface area contributed by atoms with Crippen LogP contribution in [-0.4, -0.2) is 40.1 Å². The topological polar surface area (TPSA) is 65.5 Å². The Morgan fingerprint density at radius 3 is 3.35 bits per heavy atom. The number of aromatic nitrogens is 1. The first-order chi connectivity index (χ1) is 8.29. The van der Waals surface area contributed by atoms with E-state index in [-0.39, 0.29) is 18.6 Å². The normalized spacial score (nSPS) is 22.8. The molecule has 1 amide bonds. The molecule has 3 heterocycles. The minimum absolute atomic E-state index is 0.0292. The first kappa shape index (κ1) is 10.9. The molecule has 1 fully saturated rings. The summed E-state index contributed by atoms with van der Waals surface area (Å²) in [7, 11) is 0. The molecule has 0 aliphatic carbocycles. The van der Waals surface area contributed by atoms with Gasteiger partial charge in [-0.1, -0.05) is 0 Å². The van der Waals surface area contributed by atoms with Crippen LogP contribution >= 0.6 is 11.8 Å². The number of aliphatic hydroxyl groups excluding tert-OH is 1.